The number of hydrogen-bond donors (Lipinski definition) is 1. The number of aromatic nitrogens is 2. The number of alkyl halides is 3. The molecule has 0 spiro atoms. The van der Waals surface area contributed by atoms with E-state index in [1.807, 2.05) is 32.9 Å². The number of nitrogens with two attached hydrogens (primary N) is 1. The Morgan fingerprint density at radius 2 is 1.78 bits per heavy atom. The number of rotatable bonds is 6. The van der Waals surface area contributed by atoms with Gasteiger partial charge in [-0.3, -0.25) is 9.97 Å². The summed E-state index contributed by atoms with van der Waals surface area (Å²) in [6.07, 6.45) is -0.565. The Kier molecular flexibility index (Phi) is 5.30. The van der Waals surface area contributed by atoms with Crippen LogP contribution in [-0.4, -0.2) is 16.1 Å². The Bertz CT molecular complexity index is 803. The van der Waals surface area contributed by atoms with Crippen molar-refractivity contribution in [3.8, 4) is 0 Å². The van der Waals surface area contributed by atoms with E-state index in [4.69, 9.17) is 5.73 Å². The molecular weight excluding hydrogens is 351 g/mol. The molecule has 0 radical (unpaired) electrons. The van der Waals surface area contributed by atoms with Crippen molar-refractivity contribution < 1.29 is 13.2 Å². The van der Waals surface area contributed by atoms with E-state index in [-0.39, 0.29) is 24.0 Å². The fourth-order valence-electron chi connectivity index (χ4n) is 3.95. The Labute approximate surface area is 158 Å². The van der Waals surface area contributed by atoms with Gasteiger partial charge in [0.2, 0.25) is 0 Å². The van der Waals surface area contributed by atoms with E-state index in [0.717, 1.165) is 16.8 Å². The minimum Gasteiger partial charge on any atom is -0.325 e. The summed E-state index contributed by atoms with van der Waals surface area (Å²) < 4.78 is 42.2. The number of halogens is 3. The second-order valence-corrected chi connectivity index (χ2v) is 7.92. The third-order valence-corrected chi connectivity index (χ3v) is 5.78. The lowest BCUT2D eigenvalue weighted by molar-refractivity contribution is -0.166. The van der Waals surface area contributed by atoms with Gasteiger partial charge in [0.15, 0.2) is 0 Å². The first-order chi connectivity index (χ1) is 12.7. The van der Waals surface area contributed by atoms with Crippen LogP contribution in [0, 0.1) is 5.92 Å². The fourth-order valence-corrected chi connectivity index (χ4v) is 3.95. The minimum atomic E-state index is -4.30. The molecule has 0 amide bonds. The van der Waals surface area contributed by atoms with Gasteiger partial charge in [0.05, 0.1) is 11.4 Å². The van der Waals surface area contributed by atoms with E-state index in [9.17, 15) is 13.2 Å². The van der Waals surface area contributed by atoms with Gasteiger partial charge in [0.1, 0.15) is 5.41 Å². The van der Waals surface area contributed by atoms with Crippen LogP contribution in [-0.2, 0) is 12.0 Å². The van der Waals surface area contributed by atoms with Crippen molar-refractivity contribution in [2.45, 2.75) is 63.6 Å². The second-order valence-electron chi connectivity index (χ2n) is 7.92. The van der Waals surface area contributed by atoms with Gasteiger partial charge in [-0.2, -0.15) is 13.2 Å². The van der Waals surface area contributed by atoms with Gasteiger partial charge in [-0.25, -0.2) is 0 Å². The van der Waals surface area contributed by atoms with Crippen molar-refractivity contribution in [1.29, 1.82) is 0 Å². The smallest absolute Gasteiger partial charge is 0.325 e. The van der Waals surface area contributed by atoms with Crippen LogP contribution in [0.2, 0.25) is 0 Å². The molecule has 3 atom stereocenters. The number of pyridine rings is 2. The molecule has 3 unspecified atom stereocenters. The van der Waals surface area contributed by atoms with Crippen molar-refractivity contribution in [2.24, 2.45) is 11.7 Å². The maximum atomic E-state index is 14.1. The molecule has 0 aromatic carbocycles. The summed E-state index contributed by atoms with van der Waals surface area (Å²) in [5.41, 5.74) is 6.60. The predicted octanol–water partition coefficient (Wildman–Crippen LogP) is 5.07. The van der Waals surface area contributed by atoms with Crippen molar-refractivity contribution in [2.75, 3.05) is 0 Å². The van der Waals surface area contributed by atoms with E-state index in [1.54, 1.807) is 18.3 Å². The highest BCUT2D eigenvalue weighted by Gasteiger charge is 2.72. The molecule has 1 aliphatic carbocycles. The summed E-state index contributed by atoms with van der Waals surface area (Å²) in [7, 11) is 0. The molecule has 1 fully saturated rings. The standard InChI is InChI=1S/C21H26F3N3/c1-13(2)15-4-7-27-19(10-15)20(21(22,23)24)11-17(20)8-14(3)16-5-6-26-18(9-16)12-25/h4-7,9-10,13-14,17H,8,11-12,25H2,1-3H3. The van der Waals surface area contributed by atoms with Gasteiger partial charge in [-0.05, 0) is 66.0 Å². The predicted molar refractivity (Wildman–Crippen MR) is 99.3 cm³/mol. The molecule has 1 aliphatic rings. The van der Waals surface area contributed by atoms with Crippen LogP contribution in [0.3, 0.4) is 0 Å². The lowest BCUT2D eigenvalue weighted by Gasteiger charge is -2.23. The van der Waals surface area contributed by atoms with Crippen LogP contribution < -0.4 is 5.73 Å². The molecule has 2 heterocycles. The molecule has 146 valence electrons. The normalized spacial score (nSPS) is 23.5. The van der Waals surface area contributed by atoms with Gasteiger partial charge in [0, 0.05) is 18.9 Å². The molecule has 0 saturated heterocycles. The molecule has 2 aromatic rings. The lowest BCUT2D eigenvalue weighted by Crippen LogP contribution is -2.32. The van der Waals surface area contributed by atoms with Gasteiger partial charge in [0.25, 0.3) is 0 Å². The summed E-state index contributed by atoms with van der Waals surface area (Å²) >= 11 is 0. The second kappa shape index (κ2) is 7.23. The Hall–Kier alpha value is -1.95. The zero-order valence-electron chi connectivity index (χ0n) is 15.9. The SMILES string of the molecule is CC(C)c1ccnc(C2(C(F)(F)F)CC2CC(C)c2ccnc(CN)c2)c1. The summed E-state index contributed by atoms with van der Waals surface area (Å²) in [6, 6.07) is 7.18. The van der Waals surface area contributed by atoms with Crippen molar-refractivity contribution in [1.82, 2.24) is 9.97 Å². The zero-order chi connectivity index (χ0) is 19.8. The van der Waals surface area contributed by atoms with Crippen molar-refractivity contribution in [3.05, 3.63) is 59.2 Å². The lowest BCUT2D eigenvalue weighted by atomic mass is 9.88. The first-order valence-corrected chi connectivity index (χ1v) is 9.37. The Morgan fingerprint density at radius 3 is 2.41 bits per heavy atom. The maximum Gasteiger partial charge on any atom is 0.400 e. The Morgan fingerprint density at radius 1 is 1.11 bits per heavy atom. The van der Waals surface area contributed by atoms with E-state index in [2.05, 4.69) is 9.97 Å². The first-order valence-electron chi connectivity index (χ1n) is 9.37. The van der Waals surface area contributed by atoms with Crippen molar-refractivity contribution in [3.63, 3.8) is 0 Å². The van der Waals surface area contributed by atoms with Gasteiger partial charge in [-0.1, -0.05) is 20.8 Å². The summed E-state index contributed by atoms with van der Waals surface area (Å²) in [5.74, 6) is -0.294. The monoisotopic (exact) mass is 377 g/mol. The average molecular weight is 377 g/mol. The van der Waals surface area contributed by atoms with Gasteiger partial charge < -0.3 is 5.73 Å². The van der Waals surface area contributed by atoms with E-state index < -0.39 is 17.5 Å². The molecule has 27 heavy (non-hydrogen) atoms. The molecule has 2 N–H and O–H groups in total. The molecular formula is C21H26F3N3. The molecule has 2 aromatic heterocycles. The molecule has 6 heteroatoms. The van der Waals surface area contributed by atoms with Crippen LogP contribution in [0.1, 0.15) is 68.0 Å². The van der Waals surface area contributed by atoms with Gasteiger partial charge >= 0.3 is 6.18 Å². The average Bonchev–Trinajstić information content (AvgIpc) is 3.37. The highest BCUT2D eigenvalue weighted by molar-refractivity contribution is 5.35. The molecule has 1 saturated carbocycles. The molecule has 3 nitrogen and oxygen atoms in total. The molecule has 3 rings (SSSR count). The maximum absolute atomic E-state index is 14.1. The highest BCUT2D eigenvalue weighted by Crippen LogP contribution is 2.65. The zero-order valence-corrected chi connectivity index (χ0v) is 15.9. The third-order valence-electron chi connectivity index (χ3n) is 5.78. The minimum absolute atomic E-state index is 0.000747. The number of hydrogen-bond acceptors (Lipinski definition) is 3. The fraction of sp³-hybridized carbons (Fsp3) is 0.524. The first kappa shape index (κ1) is 19.8. The van der Waals surface area contributed by atoms with Crippen LogP contribution in [0.25, 0.3) is 0 Å². The summed E-state index contributed by atoms with van der Waals surface area (Å²) in [4.78, 5) is 8.30. The van der Waals surface area contributed by atoms with Crippen LogP contribution in [0.15, 0.2) is 36.7 Å². The van der Waals surface area contributed by atoms with Crippen molar-refractivity contribution >= 4 is 0 Å². The topological polar surface area (TPSA) is 51.8 Å². The van der Waals surface area contributed by atoms with Gasteiger partial charge in [-0.15, -0.1) is 0 Å². The van der Waals surface area contributed by atoms with Crippen LogP contribution in [0.5, 0.6) is 0 Å². The van der Waals surface area contributed by atoms with E-state index in [1.165, 1.54) is 6.20 Å². The quantitative estimate of drug-likeness (QED) is 0.764. The van der Waals surface area contributed by atoms with Crippen LogP contribution in [0.4, 0.5) is 13.2 Å². The Balaban J connectivity index is 1.86. The highest BCUT2D eigenvalue weighted by atomic mass is 19.4. The summed E-state index contributed by atoms with van der Waals surface area (Å²) in [6.45, 7) is 6.24. The van der Waals surface area contributed by atoms with Crippen LogP contribution >= 0.6 is 0 Å². The number of nitrogens with zero attached hydrogens (tertiary/aromatic N) is 2. The summed E-state index contributed by atoms with van der Waals surface area (Å²) in [5, 5.41) is 0. The molecule has 0 bridgehead atoms. The largest absolute Gasteiger partial charge is 0.400 e. The molecule has 0 aliphatic heterocycles. The third kappa shape index (κ3) is 3.72. The van der Waals surface area contributed by atoms with E-state index in [0.29, 0.717) is 13.0 Å². The van der Waals surface area contributed by atoms with E-state index >= 15 is 0 Å².